The third-order valence-electron chi connectivity index (χ3n) is 2.36. The molecule has 0 saturated heterocycles. The first-order chi connectivity index (χ1) is 6.89. The highest BCUT2D eigenvalue weighted by Crippen LogP contribution is 2.31. The van der Waals surface area contributed by atoms with Gasteiger partial charge in [0.1, 0.15) is 0 Å². The second-order valence-electron chi connectivity index (χ2n) is 3.44. The van der Waals surface area contributed by atoms with Crippen LogP contribution < -0.4 is 6.15 Å². The Bertz CT molecular complexity index is 514. The molecule has 1 aromatic heterocycles. The van der Waals surface area contributed by atoms with Gasteiger partial charge >= 0.3 is 6.18 Å². The number of benzene rings is 1. The zero-order valence-electron chi connectivity index (χ0n) is 8.97. The first kappa shape index (κ1) is 12.5. The maximum Gasteiger partial charge on any atom is 0.416 e. The molecule has 1 aromatic carbocycles. The molecule has 1 heterocycles. The van der Waals surface area contributed by atoms with Crippen molar-refractivity contribution >= 4 is 10.9 Å². The lowest BCUT2D eigenvalue weighted by atomic mass is 10.1. The van der Waals surface area contributed by atoms with Crippen LogP contribution in [-0.2, 0) is 13.2 Å². The van der Waals surface area contributed by atoms with Crippen molar-refractivity contribution in [2.45, 2.75) is 13.1 Å². The Morgan fingerprint density at radius 1 is 1.25 bits per heavy atom. The Morgan fingerprint density at radius 3 is 2.44 bits per heavy atom. The van der Waals surface area contributed by atoms with Crippen LogP contribution in [0.25, 0.3) is 10.9 Å². The van der Waals surface area contributed by atoms with Crippen LogP contribution in [0.4, 0.5) is 13.2 Å². The first-order valence-corrected chi connectivity index (χ1v) is 4.40. The van der Waals surface area contributed by atoms with Gasteiger partial charge in [-0.1, -0.05) is 0 Å². The topological polar surface area (TPSA) is 52.8 Å². The fraction of sp³-hybridized carbons (Fsp3) is 0.300. The number of halogens is 3. The molecular weight excluding hydrogens is 219 g/mol. The van der Waals surface area contributed by atoms with E-state index in [0.717, 1.165) is 12.1 Å². The van der Waals surface area contributed by atoms with Gasteiger partial charge in [0, 0.05) is 12.4 Å². The summed E-state index contributed by atoms with van der Waals surface area (Å²) in [6.07, 6.45) is -4.30. The number of hydrogen-bond donors (Lipinski definition) is 1. The summed E-state index contributed by atoms with van der Waals surface area (Å²) in [6, 6.07) is 3.65. The quantitative estimate of drug-likeness (QED) is 0.757. The zero-order valence-corrected chi connectivity index (χ0v) is 8.97. The highest BCUT2D eigenvalue weighted by Gasteiger charge is 2.30. The van der Waals surface area contributed by atoms with Crippen molar-refractivity contribution in [3.63, 3.8) is 0 Å². The van der Waals surface area contributed by atoms with E-state index in [-0.39, 0.29) is 6.15 Å². The molecule has 0 radical (unpaired) electrons. The summed E-state index contributed by atoms with van der Waals surface area (Å²) in [5.74, 6) is 0. The summed E-state index contributed by atoms with van der Waals surface area (Å²) in [4.78, 5) is 0. The second-order valence-corrected chi connectivity index (χ2v) is 3.44. The Labute approximate surface area is 90.4 Å². The van der Waals surface area contributed by atoms with Gasteiger partial charge in [0.2, 0.25) is 0 Å². The standard InChI is InChI=1S/C10H9F3N2.H3N/c1-6-8-5-7(10(11,12)13)3-4-9(8)15(2)14-6;/h3-5H,1-2H3;1H3. The van der Waals surface area contributed by atoms with Gasteiger partial charge in [-0.05, 0) is 25.1 Å². The van der Waals surface area contributed by atoms with Gasteiger partial charge in [0.05, 0.1) is 16.8 Å². The number of aryl methyl sites for hydroxylation is 2. The van der Waals surface area contributed by atoms with Crippen LogP contribution in [0.1, 0.15) is 11.3 Å². The molecule has 16 heavy (non-hydrogen) atoms. The molecule has 2 rings (SSSR count). The molecule has 0 fully saturated rings. The smallest absolute Gasteiger partial charge is 0.344 e. The van der Waals surface area contributed by atoms with Gasteiger partial charge in [0.25, 0.3) is 0 Å². The molecule has 0 spiro atoms. The van der Waals surface area contributed by atoms with E-state index in [9.17, 15) is 13.2 Å². The Balaban J connectivity index is 0.00000128. The van der Waals surface area contributed by atoms with Crippen LogP contribution >= 0.6 is 0 Å². The summed E-state index contributed by atoms with van der Waals surface area (Å²) in [5, 5.41) is 4.61. The van der Waals surface area contributed by atoms with Crippen LogP contribution in [0, 0.1) is 6.92 Å². The molecule has 0 aliphatic carbocycles. The van der Waals surface area contributed by atoms with Crippen molar-refractivity contribution in [1.82, 2.24) is 15.9 Å². The Hall–Kier alpha value is -1.56. The van der Waals surface area contributed by atoms with Crippen LogP contribution in [0.2, 0.25) is 0 Å². The molecule has 88 valence electrons. The highest BCUT2D eigenvalue weighted by molar-refractivity contribution is 5.82. The van der Waals surface area contributed by atoms with Gasteiger partial charge < -0.3 is 6.15 Å². The molecule has 0 unspecified atom stereocenters. The number of rotatable bonds is 0. The van der Waals surface area contributed by atoms with Gasteiger partial charge in [-0.15, -0.1) is 0 Å². The minimum absolute atomic E-state index is 0. The third-order valence-corrected chi connectivity index (χ3v) is 2.36. The zero-order chi connectivity index (χ0) is 11.2. The molecule has 0 aliphatic heterocycles. The van der Waals surface area contributed by atoms with Crippen molar-refractivity contribution in [3.8, 4) is 0 Å². The second kappa shape index (κ2) is 3.79. The maximum atomic E-state index is 12.4. The summed E-state index contributed by atoms with van der Waals surface area (Å²) >= 11 is 0. The molecule has 3 N–H and O–H groups in total. The van der Waals surface area contributed by atoms with E-state index in [1.807, 2.05) is 0 Å². The summed E-state index contributed by atoms with van der Waals surface area (Å²) < 4.78 is 38.9. The lowest BCUT2D eigenvalue weighted by molar-refractivity contribution is -0.137. The van der Waals surface area contributed by atoms with E-state index in [2.05, 4.69) is 5.10 Å². The molecule has 0 amide bonds. The Kier molecular flexibility index (Phi) is 2.96. The minimum atomic E-state index is -4.30. The van der Waals surface area contributed by atoms with Gasteiger partial charge in [-0.2, -0.15) is 18.3 Å². The normalized spacial score (nSPS) is 11.6. The minimum Gasteiger partial charge on any atom is -0.344 e. The van der Waals surface area contributed by atoms with Crippen LogP contribution in [0.5, 0.6) is 0 Å². The van der Waals surface area contributed by atoms with Crippen LogP contribution in [-0.4, -0.2) is 9.78 Å². The molecule has 6 heteroatoms. The average Bonchev–Trinajstić information content (AvgIpc) is 2.41. The van der Waals surface area contributed by atoms with Crippen LogP contribution in [0.15, 0.2) is 18.2 Å². The van der Waals surface area contributed by atoms with Crippen molar-refractivity contribution < 1.29 is 13.2 Å². The number of aromatic nitrogens is 2. The predicted octanol–water partition coefficient (Wildman–Crippen LogP) is 3.06. The van der Waals surface area contributed by atoms with E-state index in [1.165, 1.54) is 6.07 Å². The summed E-state index contributed by atoms with van der Waals surface area (Å²) in [6.45, 7) is 1.70. The van der Waals surface area contributed by atoms with E-state index in [4.69, 9.17) is 0 Å². The first-order valence-electron chi connectivity index (χ1n) is 4.40. The lowest BCUT2D eigenvalue weighted by Gasteiger charge is -2.06. The molecule has 2 aromatic rings. The fourth-order valence-electron chi connectivity index (χ4n) is 1.62. The number of fused-ring (bicyclic) bond motifs is 1. The number of hydrogen-bond acceptors (Lipinski definition) is 2. The van der Waals surface area contributed by atoms with Gasteiger partial charge in [-0.25, -0.2) is 0 Å². The van der Waals surface area contributed by atoms with E-state index < -0.39 is 11.7 Å². The Morgan fingerprint density at radius 2 is 1.88 bits per heavy atom. The molecular formula is C10H12F3N3. The van der Waals surface area contributed by atoms with E-state index in [0.29, 0.717) is 16.6 Å². The van der Waals surface area contributed by atoms with Crippen LogP contribution in [0.3, 0.4) is 0 Å². The monoisotopic (exact) mass is 231 g/mol. The highest BCUT2D eigenvalue weighted by atomic mass is 19.4. The van der Waals surface area contributed by atoms with Crippen molar-refractivity contribution in [3.05, 3.63) is 29.5 Å². The van der Waals surface area contributed by atoms with Crippen molar-refractivity contribution in [2.24, 2.45) is 7.05 Å². The summed E-state index contributed by atoms with van der Waals surface area (Å²) in [7, 11) is 1.71. The molecule has 0 saturated carbocycles. The van der Waals surface area contributed by atoms with E-state index >= 15 is 0 Å². The molecule has 0 aliphatic rings. The average molecular weight is 231 g/mol. The number of alkyl halides is 3. The maximum absolute atomic E-state index is 12.4. The van der Waals surface area contributed by atoms with E-state index in [1.54, 1.807) is 18.7 Å². The molecule has 0 bridgehead atoms. The van der Waals surface area contributed by atoms with Gasteiger partial charge in [0.15, 0.2) is 0 Å². The fourth-order valence-corrected chi connectivity index (χ4v) is 1.62. The van der Waals surface area contributed by atoms with Gasteiger partial charge in [-0.3, -0.25) is 4.68 Å². The SMILES string of the molecule is Cc1nn(C)c2ccc(C(F)(F)F)cc12.N. The van der Waals surface area contributed by atoms with Crippen molar-refractivity contribution in [1.29, 1.82) is 0 Å². The largest absolute Gasteiger partial charge is 0.416 e. The lowest BCUT2D eigenvalue weighted by Crippen LogP contribution is -2.04. The molecule has 3 nitrogen and oxygen atoms in total. The molecule has 0 atom stereocenters. The number of nitrogens with zero attached hydrogens (tertiary/aromatic N) is 2. The third kappa shape index (κ3) is 1.88. The summed E-state index contributed by atoms with van der Waals surface area (Å²) in [5.41, 5.74) is 0.685. The predicted molar refractivity (Wildman–Crippen MR) is 55.5 cm³/mol. The van der Waals surface area contributed by atoms with Crippen molar-refractivity contribution in [2.75, 3.05) is 0 Å².